The van der Waals surface area contributed by atoms with E-state index < -0.39 is 0 Å². The normalized spacial score (nSPS) is 32.5. The molecule has 1 aliphatic carbocycles. The largest absolute Gasteiger partial charge is 0.354 e. The summed E-state index contributed by atoms with van der Waals surface area (Å²) in [4.78, 5) is 14.5. The topological polar surface area (TPSA) is 58.4 Å². The Morgan fingerprint density at radius 1 is 1.41 bits per heavy atom. The molecule has 1 aliphatic heterocycles. The zero-order valence-electron chi connectivity index (χ0n) is 10.8. The van der Waals surface area contributed by atoms with E-state index in [1.165, 1.54) is 25.7 Å². The van der Waals surface area contributed by atoms with E-state index >= 15 is 0 Å². The minimum Gasteiger partial charge on any atom is -0.354 e. The van der Waals surface area contributed by atoms with Gasteiger partial charge in [-0.15, -0.1) is 0 Å². The number of nitrogens with two attached hydrogens (primary N) is 1. The molecule has 98 valence electrons. The van der Waals surface area contributed by atoms with Gasteiger partial charge in [0.25, 0.3) is 0 Å². The first-order valence-corrected chi connectivity index (χ1v) is 6.96. The highest BCUT2D eigenvalue weighted by atomic mass is 16.2. The van der Waals surface area contributed by atoms with Crippen LogP contribution in [0.15, 0.2) is 0 Å². The summed E-state index contributed by atoms with van der Waals surface area (Å²) in [6.45, 7) is 4.65. The van der Waals surface area contributed by atoms with Gasteiger partial charge in [-0.3, -0.25) is 9.69 Å². The van der Waals surface area contributed by atoms with Gasteiger partial charge in [-0.1, -0.05) is 19.8 Å². The average molecular weight is 239 g/mol. The van der Waals surface area contributed by atoms with Crippen molar-refractivity contribution in [2.24, 2.45) is 11.7 Å². The van der Waals surface area contributed by atoms with E-state index in [1.54, 1.807) is 0 Å². The Kier molecular flexibility index (Phi) is 4.40. The Bertz CT molecular complexity index is 263. The molecule has 0 aromatic rings. The molecule has 2 fully saturated rings. The second-order valence-electron chi connectivity index (χ2n) is 5.58. The molecule has 0 aromatic carbocycles. The summed E-state index contributed by atoms with van der Waals surface area (Å²) in [6.07, 6.45) is 5.91. The predicted molar refractivity (Wildman–Crippen MR) is 68.6 cm³/mol. The molecule has 2 unspecified atom stereocenters. The van der Waals surface area contributed by atoms with Crippen molar-refractivity contribution in [3.05, 3.63) is 0 Å². The van der Waals surface area contributed by atoms with Gasteiger partial charge in [0.15, 0.2) is 0 Å². The smallest absolute Gasteiger partial charge is 0.237 e. The zero-order valence-corrected chi connectivity index (χ0v) is 10.8. The number of carbonyl (C=O) groups excluding carboxylic acids is 1. The lowest BCUT2D eigenvalue weighted by molar-refractivity contribution is -0.126. The van der Waals surface area contributed by atoms with E-state index in [9.17, 15) is 4.79 Å². The van der Waals surface area contributed by atoms with Crippen molar-refractivity contribution < 1.29 is 4.79 Å². The van der Waals surface area contributed by atoms with Crippen molar-refractivity contribution in [2.45, 2.75) is 51.1 Å². The maximum Gasteiger partial charge on any atom is 0.237 e. The third-order valence-corrected chi connectivity index (χ3v) is 4.08. The Hall–Kier alpha value is -0.610. The predicted octanol–water partition coefficient (Wildman–Crippen LogP) is 0.714. The van der Waals surface area contributed by atoms with Crippen LogP contribution in [0, 0.1) is 5.92 Å². The van der Waals surface area contributed by atoms with Crippen LogP contribution in [0.2, 0.25) is 0 Å². The van der Waals surface area contributed by atoms with Gasteiger partial charge >= 0.3 is 0 Å². The summed E-state index contributed by atoms with van der Waals surface area (Å²) >= 11 is 0. The molecule has 4 heteroatoms. The van der Waals surface area contributed by atoms with Crippen molar-refractivity contribution in [1.82, 2.24) is 10.2 Å². The van der Waals surface area contributed by atoms with E-state index in [-0.39, 0.29) is 11.9 Å². The van der Waals surface area contributed by atoms with Crippen molar-refractivity contribution in [2.75, 3.05) is 19.6 Å². The number of rotatable bonds is 3. The molecule has 17 heavy (non-hydrogen) atoms. The summed E-state index contributed by atoms with van der Waals surface area (Å²) in [5.41, 5.74) is 5.66. The fourth-order valence-corrected chi connectivity index (χ4v) is 3.19. The molecule has 2 rings (SSSR count). The number of amides is 1. The minimum absolute atomic E-state index is 0.00745. The first-order valence-electron chi connectivity index (χ1n) is 6.96. The Morgan fingerprint density at radius 2 is 2.12 bits per heavy atom. The highest BCUT2D eigenvalue weighted by molar-refractivity contribution is 5.82. The SMILES string of the molecule is CC1CNC(=O)C(CCN)N(C2CCCC2)C1. The Balaban J connectivity index is 2.11. The van der Waals surface area contributed by atoms with Crippen molar-refractivity contribution in [3.8, 4) is 0 Å². The highest BCUT2D eigenvalue weighted by Gasteiger charge is 2.35. The van der Waals surface area contributed by atoms with Gasteiger partial charge in [0.05, 0.1) is 6.04 Å². The van der Waals surface area contributed by atoms with Crippen molar-refractivity contribution >= 4 is 5.91 Å². The minimum atomic E-state index is 0.00745. The standard InChI is InChI=1S/C13H25N3O/c1-10-8-15-13(17)12(6-7-14)16(9-10)11-4-2-3-5-11/h10-12H,2-9,14H2,1H3,(H,15,17). The van der Waals surface area contributed by atoms with E-state index in [2.05, 4.69) is 17.1 Å². The molecule has 2 aliphatic rings. The van der Waals surface area contributed by atoms with E-state index in [1.807, 2.05) is 0 Å². The van der Waals surface area contributed by atoms with Gasteiger partial charge < -0.3 is 11.1 Å². The van der Waals surface area contributed by atoms with Crippen LogP contribution in [-0.2, 0) is 4.79 Å². The monoisotopic (exact) mass is 239 g/mol. The van der Waals surface area contributed by atoms with Crippen LogP contribution in [0.3, 0.4) is 0 Å². The number of hydrogen-bond donors (Lipinski definition) is 2. The lowest BCUT2D eigenvalue weighted by Crippen LogP contribution is -2.49. The lowest BCUT2D eigenvalue weighted by atomic mass is 10.1. The van der Waals surface area contributed by atoms with Gasteiger partial charge in [-0.2, -0.15) is 0 Å². The van der Waals surface area contributed by atoms with E-state index in [0.717, 1.165) is 19.5 Å². The molecule has 0 radical (unpaired) electrons. The zero-order chi connectivity index (χ0) is 12.3. The Morgan fingerprint density at radius 3 is 2.76 bits per heavy atom. The van der Waals surface area contributed by atoms with Crippen LogP contribution in [0.25, 0.3) is 0 Å². The van der Waals surface area contributed by atoms with Crippen LogP contribution in [0.1, 0.15) is 39.0 Å². The molecule has 0 bridgehead atoms. The summed E-state index contributed by atoms with van der Waals surface area (Å²) in [6, 6.07) is 0.617. The number of carbonyl (C=O) groups is 1. The molecular formula is C13H25N3O. The van der Waals surface area contributed by atoms with Crippen LogP contribution in [0.4, 0.5) is 0 Å². The van der Waals surface area contributed by atoms with Gasteiger partial charge in [0.1, 0.15) is 0 Å². The number of nitrogens with one attached hydrogen (secondary N) is 1. The van der Waals surface area contributed by atoms with Gasteiger partial charge in [0.2, 0.25) is 5.91 Å². The van der Waals surface area contributed by atoms with Crippen LogP contribution >= 0.6 is 0 Å². The second-order valence-corrected chi connectivity index (χ2v) is 5.58. The maximum absolute atomic E-state index is 12.1. The molecule has 0 aromatic heterocycles. The van der Waals surface area contributed by atoms with Gasteiger partial charge in [-0.25, -0.2) is 0 Å². The fraction of sp³-hybridized carbons (Fsp3) is 0.923. The molecular weight excluding hydrogens is 214 g/mol. The van der Waals surface area contributed by atoms with Crippen LogP contribution in [0.5, 0.6) is 0 Å². The van der Waals surface area contributed by atoms with Crippen LogP contribution < -0.4 is 11.1 Å². The number of hydrogen-bond acceptors (Lipinski definition) is 3. The molecule has 4 nitrogen and oxygen atoms in total. The van der Waals surface area contributed by atoms with Crippen LogP contribution in [-0.4, -0.2) is 42.5 Å². The Labute approximate surface area is 104 Å². The molecule has 3 N–H and O–H groups in total. The molecule has 1 saturated heterocycles. The first kappa shape index (κ1) is 12.8. The average Bonchev–Trinajstić information content (AvgIpc) is 2.80. The summed E-state index contributed by atoms with van der Waals surface area (Å²) in [5, 5.41) is 3.05. The van der Waals surface area contributed by atoms with Crippen molar-refractivity contribution in [3.63, 3.8) is 0 Å². The maximum atomic E-state index is 12.1. The molecule has 0 spiro atoms. The van der Waals surface area contributed by atoms with Crippen molar-refractivity contribution in [1.29, 1.82) is 0 Å². The lowest BCUT2D eigenvalue weighted by Gasteiger charge is -2.34. The number of nitrogens with zero attached hydrogens (tertiary/aromatic N) is 1. The van der Waals surface area contributed by atoms with E-state index in [4.69, 9.17) is 5.73 Å². The third kappa shape index (κ3) is 2.99. The molecule has 1 saturated carbocycles. The third-order valence-electron chi connectivity index (χ3n) is 4.08. The molecule has 1 amide bonds. The molecule has 2 atom stereocenters. The van der Waals surface area contributed by atoms with Gasteiger partial charge in [-0.05, 0) is 31.7 Å². The fourth-order valence-electron chi connectivity index (χ4n) is 3.19. The summed E-state index contributed by atoms with van der Waals surface area (Å²) < 4.78 is 0. The summed E-state index contributed by atoms with van der Waals surface area (Å²) in [7, 11) is 0. The quantitative estimate of drug-likeness (QED) is 0.763. The molecule has 1 heterocycles. The first-order chi connectivity index (χ1) is 8.22. The second kappa shape index (κ2) is 5.83. The van der Waals surface area contributed by atoms with E-state index in [0.29, 0.717) is 18.5 Å². The summed E-state index contributed by atoms with van der Waals surface area (Å²) in [5.74, 6) is 0.731. The highest BCUT2D eigenvalue weighted by Crippen LogP contribution is 2.27. The van der Waals surface area contributed by atoms with Gasteiger partial charge in [0, 0.05) is 19.1 Å².